The summed E-state index contributed by atoms with van der Waals surface area (Å²) >= 11 is 0. The number of Topliss-reactive ketones (excluding diaryl/α,β-unsaturated/α-hetero) is 1. The summed E-state index contributed by atoms with van der Waals surface area (Å²) in [4.78, 5) is 30.4. The van der Waals surface area contributed by atoms with Crippen LogP contribution in [0.5, 0.6) is 0 Å². The third-order valence-corrected chi connectivity index (χ3v) is 4.06. The van der Waals surface area contributed by atoms with Crippen LogP contribution in [0.25, 0.3) is 0 Å². The fraction of sp³-hybridized carbons (Fsp3) is 0.562. The monoisotopic (exact) mass is 305 g/mol. The van der Waals surface area contributed by atoms with Crippen molar-refractivity contribution in [3.63, 3.8) is 0 Å². The smallest absolute Gasteiger partial charge is 0.224 e. The van der Waals surface area contributed by atoms with E-state index in [1.807, 2.05) is 6.92 Å². The number of carbonyl (C=O) groups is 2. The van der Waals surface area contributed by atoms with Crippen LogP contribution in [0.1, 0.15) is 35.2 Å². The van der Waals surface area contributed by atoms with E-state index in [-0.39, 0.29) is 23.4 Å². The van der Waals surface area contributed by atoms with Crippen LogP contribution in [0.15, 0.2) is 12.3 Å². The maximum absolute atomic E-state index is 12.6. The zero-order valence-electron chi connectivity index (χ0n) is 13.2. The Kier molecular flexibility index (Phi) is 5.49. The summed E-state index contributed by atoms with van der Waals surface area (Å²) in [6, 6.07) is 1.79. The van der Waals surface area contributed by atoms with Crippen molar-refractivity contribution < 1.29 is 14.3 Å². The SMILES string of the molecule is COCCC(=O)N1CCC(C(=O)c2cc(C)cnc2N)CC1. The first-order valence-electron chi connectivity index (χ1n) is 7.56. The fourth-order valence-corrected chi connectivity index (χ4v) is 2.74. The summed E-state index contributed by atoms with van der Waals surface area (Å²) in [6.45, 7) is 3.54. The molecule has 1 aromatic heterocycles. The van der Waals surface area contributed by atoms with Gasteiger partial charge in [-0.1, -0.05) is 0 Å². The summed E-state index contributed by atoms with van der Waals surface area (Å²) in [5.74, 6) is 0.328. The van der Waals surface area contributed by atoms with Gasteiger partial charge in [0.25, 0.3) is 0 Å². The number of anilines is 1. The molecule has 0 unspecified atom stereocenters. The van der Waals surface area contributed by atoms with Gasteiger partial charge in [0.15, 0.2) is 5.78 Å². The molecule has 2 heterocycles. The minimum atomic E-state index is -0.0858. The molecule has 22 heavy (non-hydrogen) atoms. The quantitative estimate of drug-likeness (QED) is 0.832. The zero-order chi connectivity index (χ0) is 16.1. The molecule has 1 fully saturated rings. The van der Waals surface area contributed by atoms with Gasteiger partial charge in [-0.15, -0.1) is 0 Å². The van der Waals surface area contributed by atoms with Gasteiger partial charge in [-0.25, -0.2) is 4.98 Å². The van der Waals surface area contributed by atoms with Gasteiger partial charge >= 0.3 is 0 Å². The number of hydrogen-bond acceptors (Lipinski definition) is 5. The zero-order valence-corrected chi connectivity index (χ0v) is 13.2. The first-order chi connectivity index (χ1) is 10.5. The van der Waals surface area contributed by atoms with Crippen molar-refractivity contribution in [3.05, 3.63) is 23.4 Å². The Hall–Kier alpha value is -1.95. The predicted molar refractivity (Wildman–Crippen MR) is 83.5 cm³/mol. The number of amides is 1. The molecular weight excluding hydrogens is 282 g/mol. The molecule has 0 bridgehead atoms. The number of carbonyl (C=O) groups excluding carboxylic acids is 2. The van der Waals surface area contributed by atoms with Gasteiger partial charge in [-0.05, 0) is 31.4 Å². The van der Waals surface area contributed by atoms with E-state index >= 15 is 0 Å². The van der Waals surface area contributed by atoms with Crippen molar-refractivity contribution in [1.82, 2.24) is 9.88 Å². The second-order valence-electron chi connectivity index (χ2n) is 5.71. The first-order valence-corrected chi connectivity index (χ1v) is 7.56. The number of nitrogens with zero attached hydrogens (tertiary/aromatic N) is 2. The number of aryl methyl sites for hydroxylation is 1. The molecule has 2 rings (SSSR count). The molecule has 1 aliphatic heterocycles. The first kappa shape index (κ1) is 16.4. The lowest BCUT2D eigenvalue weighted by Gasteiger charge is -2.31. The molecule has 0 atom stereocenters. The lowest BCUT2D eigenvalue weighted by Crippen LogP contribution is -2.40. The maximum atomic E-state index is 12.6. The van der Waals surface area contributed by atoms with Crippen molar-refractivity contribution in [2.45, 2.75) is 26.2 Å². The van der Waals surface area contributed by atoms with Crippen molar-refractivity contribution in [2.24, 2.45) is 5.92 Å². The highest BCUT2D eigenvalue weighted by atomic mass is 16.5. The summed E-state index contributed by atoms with van der Waals surface area (Å²) in [5, 5.41) is 0. The van der Waals surface area contributed by atoms with Gasteiger partial charge in [0.05, 0.1) is 18.6 Å². The van der Waals surface area contributed by atoms with Crippen molar-refractivity contribution in [1.29, 1.82) is 0 Å². The van der Waals surface area contributed by atoms with E-state index in [4.69, 9.17) is 10.5 Å². The van der Waals surface area contributed by atoms with Crippen molar-refractivity contribution in [2.75, 3.05) is 32.5 Å². The molecule has 6 nitrogen and oxygen atoms in total. The van der Waals surface area contributed by atoms with E-state index in [0.29, 0.717) is 44.5 Å². The van der Waals surface area contributed by atoms with Gasteiger partial charge in [0.1, 0.15) is 5.82 Å². The van der Waals surface area contributed by atoms with E-state index in [1.54, 1.807) is 24.3 Å². The lowest BCUT2D eigenvalue weighted by atomic mass is 9.88. The minimum absolute atomic E-state index is 0.0395. The Morgan fingerprint density at radius 1 is 1.41 bits per heavy atom. The average Bonchev–Trinajstić information content (AvgIpc) is 2.54. The van der Waals surface area contributed by atoms with E-state index in [1.165, 1.54) is 0 Å². The number of pyridine rings is 1. The molecule has 120 valence electrons. The number of likely N-dealkylation sites (tertiary alicyclic amines) is 1. The van der Waals surface area contributed by atoms with Gasteiger partial charge in [-0.3, -0.25) is 9.59 Å². The van der Waals surface area contributed by atoms with Crippen LogP contribution in [0.2, 0.25) is 0 Å². The summed E-state index contributed by atoms with van der Waals surface area (Å²) in [5.41, 5.74) is 7.24. The van der Waals surface area contributed by atoms with Crippen LogP contribution in [0.3, 0.4) is 0 Å². The number of nitrogens with two attached hydrogens (primary N) is 1. The predicted octanol–water partition coefficient (Wildman–Crippen LogP) is 1.43. The van der Waals surface area contributed by atoms with Gasteiger partial charge in [0, 0.05) is 32.3 Å². The molecule has 0 spiro atoms. The van der Waals surface area contributed by atoms with Crippen LogP contribution < -0.4 is 5.73 Å². The largest absolute Gasteiger partial charge is 0.384 e. The van der Waals surface area contributed by atoms with Gasteiger partial charge in [0.2, 0.25) is 5.91 Å². The van der Waals surface area contributed by atoms with Crippen molar-refractivity contribution in [3.8, 4) is 0 Å². The maximum Gasteiger partial charge on any atom is 0.224 e. The minimum Gasteiger partial charge on any atom is -0.384 e. The lowest BCUT2D eigenvalue weighted by molar-refractivity contribution is -0.133. The number of piperidine rings is 1. The molecule has 1 saturated heterocycles. The van der Waals surface area contributed by atoms with Crippen LogP contribution in [-0.4, -0.2) is 48.4 Å². The number of methoxy groups -OCH3 is 1. The van der Waals surface area contributed by atoms with E-state index in [2.05, 4.69) is 4.98 Å². The molecule has 2 N–H and O–H groups in total. The number of ether oxygens (including phenoxy) is 1. The highest BCUT2D eigenvalue weighted by molar-refractivity contribution is 6.01. The topological polar surface area (TPSA) is 85.5 Å². The number of hydrogen-bond donors (Lipinski definition) is 1. The van der Waals surface area contributed by atoms with E-state index in [9.17, 15) is 9.59 Å². The number of aromatic nitrogens is 1. The van der Waals surface area contributed by atoms with Crippen molar-refractivity contribution >= 4 is 17.5 Å². The summed E-state index contributed by atoms with van der Waals surface area (Å²) < 4.78 is 4.92. The summed E-state index contributed by atoms with van der Waals surface area (Å²) in [7, 11) is 1.58. The van der Waals surface area contributed by atoms with Crippen LogP contribution in [0.4, 0.5) is 5.82 Å². The normalized spacial score (nSPS) is 15.8. The molecule has 1 aliphatic rings. The van der Waals surface area contributed by atoms with Crippen LogP contribution in [-0.2, 0) is 9.53 Å². The Bertz CT molecular complexity index is 552. The van der Waals surface area contributed by atoms with Gasteiger partial charge in [-0.2, -0.15) is 0 Å². The second kappa shape index (κ2) is 7.35. The number of rotatable bonds is 5. The second-order valence-corrected chi connectivity index (χ2v) is 5.71. The Balaban J connectivity index is 1.95. The summed E-state index contributed by atoms with van der Waals surface area (Å²) in [6.07, 6.45) is 3.39. The van der Waals surface area contributed by atoms with Crippen LogP contribution >= 0.6 is 0 Å². The third-order valence-electron chi connectivity index (χ3n) is 4.06. The molecule has 0 aliphatic carbocycles. The Morgan fingerprint density at radius 3 is 2.73 bits per heavy atom. The molecule has 0 aromatic carbocycles. The Labute approximate surface area is 130 Å². The Morgan fingerprint density at radius 2 is 2.09 bits per heavy atom. The van der Waals surface area contributed by atoms with Crippen LogP contribution in [0, 0.1) is 12.8 Å². The standard InChI is InChI=1S/C16H23N3O3/c1-11-9-13(16(17)18-10-11)15(21)12-3-6-19(7-4-12)14(20)5-8-22-2/h9-10,12H,3-8H2,1-2H3,(H2,17,18). The van der Waals surface area contributed by atoms with Gasteiger partial charge < -0.3 is 15.4 Å². The third kappa shape index (κ3) is 3.82. The van der Waals surface area contributed by atoms with E-state index < -0.39 is 0 Å². The molecule has 1 aromatic rings. The highest BCUT2D eigenvalue weighted by Crippen LogP contribution is 2.24. The molecular formula is C16H23N3O3. The fourth-order valence-electron chi connectivity index (χ4n) is 2.74. The number of nitrogen functional groups attached to an aromatic ring is 1. The van der Waals surface area contributed by atoms with E-state index in [0.717, 1.165) is 5.56 Å². The average molecular weight is 305 g/mol. The molecule has 0 saturated carbocycles. The molecule has 1 amide bonds. The molecule has 6 heteroatoms. The number of ketones is 1. The molecule has 0 radical (unpaired) electrons. The highest BCUT2D eigenvalue weighted by Gasteiger charge is 2.28.